The molecule has 2 aromatic rings. The van der Waals surface area contributed by atoms with Gasteiger partial charge in [0.15, 0.2) is 0 Å². The van der Waals surface area contributed by atoms with Gasteiger partial charge in [-0.05, 0) is 24.3 Å². The molecule has 0 radical (unpaired) electrons. The van der Waals surface area contributed by atoms with Crippen molar-refractivity contribution in [3.63, 3.8) is 0 Å². The molecular weight excluding hydrogens is 264 g/mol. The lowest BCUT2D eigenvalue weighted by Crippen LogP contribution is -2.41. The summed E-state index contributed by atoms with van der Waals surface area (Å²) in [5.74, 6) is 0.0369. The Hall–Kier alpha value is -2.07. The Morgan fingerprint density at radius 2 is 1.86 bits per heavy atom. The molecule has 1 heterocycles. The number of carbonyl (C=O) groups excluding carboxylic acids is 1. The minimum Gasteiger partial charge on any atom is -0.381 e. The molecule has 1 aliphatic heterocycles. The zero-order chi connectivity index (χ0) is 14.5. The first-order chi connectivity index (χ1) is 10.3. The molecule has 110 valence electrons. The maximum atomic E-state index is 12.0. The third-order valence-electron chi connectivity index (χ3n) is 3.82. The number of amides is 1. The van der Waals surface area contributed by atoms with Crippen LogP contribution >= 0.6 is 0 Å². The third kappa shape index (κ3) is 3.52. The summed E-state index contributed by atoms with van der Waals surface area (Å²) >= 11 is 0. The van der Waals surface area contributed by atoms with Gasteiger partial charge in [-0.3, -0.25) is 4.79 Å². The summed E-state index contributed by atoms with van der Waals surface area (Å²) < 4.78 is 5.29. The van der Waals surface area contributed by atoms with Crippen molar-refractivity contribution in [3.8, 4) is 0 Å². The van der Waals surface area contributed by atoms with Gasteiger partial charge in [-0.15, -0.1) is 0 Å². The molecule has 4 heteroatoms. The number of fused-ring (bicyclic) bond motifs is 1. The summed E-state index contributed by atoms with van der Waals surface area (Å²) in [5.41, 5.74) is 0.996. The Morgan fingerprint density at radius 1 is 1.10 bits per heavy atom. The standard InChI is InChI=1S/C17H20N2O2/c20-17(19-14-8-10-21-11-9-14)12-18-16-7-3-5-13-4-1-2-6-15(13)16/h1-7,14,18H,8-12H2,(H,19,20). The number of benzene rings is 2. The van der Waals surface area contributed by atoms with Gasteiger partial charge in [-0.25, -0.2) is 0 Å². The summed E-state index contributed by atoms with van der Waals surface area (Å²) in [4.78, 5) is 12.0. The number of hydrogen-bond acceptors (Lipinski definition) is 3. The van der Waals surface area contributed by atoms with Crippen LogP contribution in [0.25, 0.3) is 10.8 Å². The van der Waals surface area contributed by atoms with E-state index in [4.69, 9.17) is 4.74 Å². The zero-order valence-electron chi connectivity index (χ0n) is 12.0. The van der Waals surface area contributed by atoms with E-state index in [9.17, 15) is 4.79 Å². The van der Waals surface area contributed by atoms with Crippen molar-refractivity contribution in [3.05, 3.63) is 42.5 Å². The highest BCUT2D eigenvalue weighted by Gasteiger charge is 2.15. The van der Waals surface area contributed by atoms with Crippen LogP contribution in [0.4, 0.5) is 5.69 Å². The van der Waals surface area contributed by atoms with E-state index in [1.165, 1.54) is 5.39 Å². The van der Waals surface area contributed by atoms with Crippen molar-refractivity contribution in [2.24, 2.45) is 0 Å². The predicted molar refractivity (Wildman–Crippen MR) is 84.4 cm³/mol. The Labute approximate surface area is 124 Å². The zero-order valence-corrected chi connectivity index (χ0v) is 12.0. The molecule has 0 spiro atoms. The van der Waals surface area contributed by atoms with Crippen molar-refractivity contribution in [1.82, 2.24) is 5.32 Å². The lowest BCUT2D eigenvalue weighted by atomic mass is 10.1. The smallest absolute Gasteiger partial charge is 0.239 e. The first-order valence-electron chi connectivity index (χ1n) is 7.42. The normalized spacial score (nSPS) is 15.8. The lowest BCUT2D eigenvalue weighted by Gasteiger charge is -2.23. The minimum atomic E-state index is 0.0369. The van der Waals surface area contributed by atoms with Gasteiger partial charge in [0.2, 0.25) is 5.91 Å². The Morgan fingerprint density at radius 3 is 2.71 bits per heavy atom. The average Bonchev–Trinajstić information content (AvgIpc) is 2.54. The van der Waals surface area contributed by atoms with E-state index in [2.05, 4.69) is 28.8 Å². The van der Waals surface area contributed by atoms with E-state index in [1.807, 2.05) is 24.3 Å². The quantitative estimate of drug-likeness (QED) is 0.907. The van der Waals surface area contributed by atoms with Crippen molar-refractivity contribution in [1.29, 1.82) is 0 Å². The largest absolute Gasteiger partial charge is 0.381 e. The van der Waals surface area contributed by atoms with Crippen LogP contribution in [0.3, 0.4) is 0 Å². The lowest BCUT2D eigenvalue weighted by molar-refractivity contribution is -0.120. The summed E-state index contributed by atoms with van der Waals surface area (Å²) in [6, 6.07) is 14.5. The van der Waals surface area contributed by atoms with Crippen LogP contribution in [0.15, 0.2) is 42.5 Å². The molecule has 0 saturated carbocycles. The molecule has 1 amide bonds. The van der Waals surface area contributed by atoms with E-state index in [0.29, 0.717) is 6.54 Å². The Bertz CT molecular complexity index is 616. The van der Waals surface area contributed by atoms with Gasteiger partial charge in [-0.1, -0.05) is 36.4 Å². The number of carbonyl (C=O) groups is 1. The van der Waals surface area contributed by atoms with Crippen LogP contribution in [0, 0.1) is 0 Å². The average molecular weight is 284 g/mol. The van der Waals surface area contributed by atoms with Gasteiger partial charge in [-0.2, -0.15) is 0 Å². The Balaban J connectivity index is 1.59. The fraction of sp³-hybridized carbons (Fsp3) is 0.353. The number of ether oxygens (including phenoxy) is 1. The summed E-state index contributed by atoms with van der Waals surface area (Å²) in [5, 5.41) is 8.60. The number of anilines is 1. The second-order valence-corrected chi connectivity index (χ2v) is 5.33. The van der Waals surface area contributed by atoms with Gasteiger partial charge < -0.3 is 15.4 Å². The highest BCUT2D eigenvalue weighted by molar-refractivity contribution is 5.95. The number of rotatable bonds is 4. The molecule has 2 aromatic carbocycles. The van der Waals surface area contributed by atoms with Crippen molar-refractivity contribution >= 4 is 22.4 Å². The van der Waals surface area contributed by atoms with Gasteiger partial charge in [0.1, 0.15) is 0 Å². The third-order valence-corrected chi connectivity index (χ3v) is 3.82. The predicted octanol–water partition coefficient (Wildman–Crippen LogP) is 2.55. The van der Waals surface area contributed by atoms with Gasteiger partial charge in [0.25, 0.3) is 0 Å². The molecule has 1 fully saturated rings. The molecule has 4 nitrogen and oxygen atoms in total. The molecule has 21 heavy (non-hydrogen) atoms. The fourth-order valence-corrected chi connectivity index (χ4v) is 2.68. The maximum Gasteiger partial charge on any atom is 0.239 e. The van der Waals surface area contributed by atoms with E-state index < -0.39 is 0 Å². The van der Waals surface area contributed by atoms with E-state index in [0.717, 1.165) is 37.1 Å². The van der Waals surface area contributed by atoms with Crippen molar-refractivity contribution in [2.45, 2.75) is 18.9 Å². The van der Waals surface area contributed by atoms with Gasteiger partial charge in [0, 0.05) is 30.3 Å². The second-order valence-electron chi connectivity index (χ2n) is 5.33. The fourth-order valence-electron chi connectivity index (χ4n) is 2.68. The first kappa shape index (κ1) is 13.9. The monoisotopic (exact) mass is 284 g/mol. The van der Waals surface area contributed by atoms with Crippen LogP contribution < -0.4 is 10.6 Å². The van der Waals surface area contributed by atoms with Crippen LogP contribution in [0.1, 0.15) is 12.8 Å². The minimum absolute atomic E-state index is 0.0369. The number of nitrogens with one attached hydrogen (secondary N) is 2. The van der Waals surface area contributed by atoms with Gasteiger partial charge >= 0.3 is 0 Å². The highest BCUT2D eigenvalue weighted by Crippen LogP contribution is 2.22. The molecular formula is C17H20N2O2. The van der Waals surface area contributed by atoms with Crippen molar-refractivity contribution in [2.75, 3.05) is 25.1 Å². The highest BCUT2D eigenvalue weighted by atomic mass is 16.5. The maximum absolute atomic E-state index is 12.0. The molecule has 0 bridgehead atoms. The summed E-state index contributed by atoms with van der Waals surface area (Å²) in [6.07, 6.45) is 1.81. The summed E-state index contributed by atoms with van der Waals surface area (Å²) in [7, 11) is 0. The molecule has 0 unspecified atom stereocenters. The SMILES string of the molecule is O=C(CNc1cccc2ccccc12)NC1CCOCC1. The van der Waals surface area contributed by atoms with Crippen LogP contribution in [0.2, 0.25) is 0 Å². The number of hydrogen-bond donors (Lipinski definition) is 2. The van der Waals surface area contributed by atoms with Crippen LogP contribution in [-0.4, -0.2) is 31.7 Å². The summed E-state index contributed by atoms with van der Waals surface area (Å²) in [6.45, 7) is 1.77. The van der Waals surface area contributed by atoms with Gasteiger partial charge in [0.05, 0.1) is 6.54 Å². The second kappa shape index (κ2) is 6.59. The topological polar surface area (TPSA) is 50.4 Å². The van der Waals surface area contributed by atoms with Crippen molar-refractivity contribution < 1.29 is 9.53 Å². The first-order valence-corrected chi connectivity index (χ1v) is 7.42. The van der Waals surface area contributed by atoms with Crippen LogP contribution in [0.5, 0.6) is 0 Å². The molecule has 1 saturated heterocycles. The molecule has 1 aliphatic rings. The molecule has 2 N–H and O–H groups in total. The molecule has 0 atom stereocenters. The van der Waals surface area contributed by atoms with Crippen LogP contribution in [-0.2, 0) is 9.53 Å². The molecule has 0 aliphatic carbocycles. The molecule has 3 rings (SSSR count). The van der Waals surface area contributed by atoms with E-state index >= 15 is 0 Å². The van der Waals surface area contributed by atoms with E-state index in [-0.39, 0.29) is 11.9 Å². The van der Waals surface area contributed by atoms with E-state index in [1.54, 1.807) is 0 Å². The molecule has 0 aromatic heterocycles. The Kier molecular flexibility index (Phi) is 4.36.